The molecule has 1 amide bonds. The lowest BCUT2D eigenvalue weighted by molar-refractivity contribution is -0.138. The number of carbonyl (C=O) groups is 2. The van der Waals surface area contributed by atoms with Crippen LogP contribution in [0.5, 0.6) is 5.75 Å². The fourth-order valence-electron chi connectivity index (χ4n) is 1.45. The summed E-state index contributed by atoms with van der Waals surface area (Å²) in [6, 6.07) is 6.35. The predicted molar refractivity (Wildman–Crippen MR) is 74.9 cm³/mol. The molecule has 0 spiro atoms. The molecular formula is C12H11N3O4S. The SMILES string of the molecule is O=C(O)CC1S/C(=N/N=C\c2ccc(O)cc2)NC1=O. The minimum absolute atomic E-state index is 0.156. The highest BCUT2D eigenvalue weighted by Crippen LogP contribution is 2.22. The molecular weight excluding hydrogens is 282 g/mol. The number of aliphatic carboxylic acids is 1. The van der Waals surface area contributed by atoms with Crippen LogP contribution in [0.1, 0.15) is 12.0 Å². The minimum Gasteiger partial charge on any atom is -0.508 e. The number of aromatic hydroxyl groups is 1. The summed E-state index contributed by atoms with van der Waals surface area (Å²) in [6.07, 6.45) is 1.21. The van der Waals surface area contributed by atoms with Gasteiger partial charge in [0.05, 0.1) is 12.6 Å². The highest BCUT2D eigenvalue weighted by Gasteiger charge is 2.32. The van der Waals surface area contributed by atoms with Gasteiger partial charge in [0, 0.05) is 0 Å². The van der Waals surface area contributed by atoms with Crippen LogP contribution in [0.15, 0.2) is 34.5 Å². The Morgan fingerprint density at radius 3 is 2.75 bits per heavy atom. The van der Waals surface area contributed by atoms with Crippen molar-refractivity contribution >= 4 is 35.0 Å². The molecule has 1 unspecified atom stereocenters. The quantitative estimate of drug-likeness (QED) is 0.561. The summed E-state index contributed by atoms with van der Waals surface area (Å²) in [5, 5.41) is 27.4. The van der Waals surface area contributed by atoms with Crippen molar-refractivity contribution in [3.05, 3.63) is 29.8 Å². The number of phenols is 1. The van der Waals surface area contributed by atoms with Gasteiger partial charge in [0.25, 0.3) is 0 Å². The second-order valence-electron chi connectivity index (χ2n) is 3.93. The molecule has 1 saturated heterocycles. The van der Waals surface area contributed by atoms with E-state index in [1.54, 1.807) is 12.1 Å². The number of benzene rings is 1. The molecule has 1 atom stereocenters. The molecule has 0 aliphatic carbocycles. The summed E-state index contributed by atoms with van der Waals surface area (Å²) in [6.45, 7) is 0. The van der Waals surface area contributed by atoms with Crippen LogP contribution in [0.2, 0.25) is 0 Å². The van der Waals surface area contributed by atoms with Gasteiger partial charge in [-0.05, 0) is 29.8 Å². The Balaban J connectivity index is 1.97. The molecule has 1 aliphatic rings. The van der Waals surface area contributed by atoms with Gasteiger partial charge in [0.15, 0.2) is 5.17 Å². The van der Waals surface area contributed by atoms with E-state index in [0.717, 1.165) is 17.3 Å². The van der Waals surface area contributed by atoms with Crippen LogP contribution in [0.25, 0.3) is 0 Å². The summed E-state index contributed by atoms with van der Waals surface area (Å²) in [7, 11) is 0. The predicted octanol–water partition coefficient (Wildman–Crippen LogP) is 0.788. The van der Waals surface area contributed by atoms with E-state index in [2.05, 4.69) is 15.5 Å². The van der Waals surface area contributed by atoms with E-state index in [9.17, 15) is 9.59 Å². The first-order valence-electron chi connectivity index (χ1n) is 5.64. The summed E-state index contributed by atoms with van der Waals surface area (Å²) in [4.78, 5) is 22.0. The first-order valence-corrected chi connectivity index (χ1v) is 6.52. The molecule has 0 radical (unpaired) electrons. The van der Waals surface area contributed by atoms with Crippen LogP contribution >= 0.6 is 11.8 Å². The van der Waals surface area contributed by atoms with Gasteiger partial charge >= 0.3 is 5.97 Å². The van der Waals surface area contributed by atoms with Crippen molar-refractivity contribution in [2.75, 3.05) is 0 Å². The molecule has 20 heavy (non-hydrogen) atoms. The number of carboxylic acid groups (broad SMARTS) is 1. The van der Waals surface area contributed by atoms with Gasteiger partial charge in [0.1, 0.15) is 11.0 Å². The molecule has 0 saturated carbocycles. The molecule has 1 heterocycles. The van der Waals surface area contributed by atoms with E-state index in [1.165, 1.54) is 18.3 Å². The van der Waals surface area contributed by atoms with Crippen molar-refractivity contribution in [3.8, 4) is 5.75 Å². The Morgan fingerprint density at radius 2 is 2.10 bits per heavy atom. The second kappa shape index (κ2) is 6.20. The van der Waals surface area contributed by atoms with E-state index >= 15 is 0 Å². The van der Waals surface area contributed by atoms with Crippen LogP contribution in [-0.2, 0) is 9.59 Å². The number of carboxylic acids is 1. The zero-order chi connectivity index (χ0) is 14.5. The number of nitrogens with one attached hydrogen (secondary N) is 1. The van der Waals surface area contributed by atoms with E-state index < -0.39 is 11.2 Å². The number of hydrogen-bond donors (Lipinski definition) is 3. The van der Waals surface area contributed by atoms with Gasteiger partial charge in [-0.25, -0.2) is 0 Å². The van der Waals surface area contributed by atoms with Crippen LogP contribution in [0.3, 0.4) is 0 Å². The standard InChI is InChI=1S/C12H11N3O4S/c16-8-3-1-7(2-4-8)6-13-15-12-14-11(19)9(20-12)5-10(17)18/h1-4,6,9,16H,5H2,(H,17,18)(H,14,15,19)/b13-6-. The molecule has 7 nitrogen and oxygen atoms in total. The number of thioether (sulfide) groups is 1. The summed E-state index contributed by atoms with van der Waals surface area (Å²) in [5.41, 5.74) is 0.739. The second-order valence-corrected chi connectivity index (χ2v) is 5.13. The number of amides is 1. The maximum atomic E-state index is 11.4. The molecule has 1 aliphatic heterocycles. The van der Waals surface area contributed by atoms with Crippen molar-refractivity contribution in [1.82, 2.24) is 5.32 Å². The van der Waals surface area contributed by atoms with Gasteiger partial charge < -0.3 is 15.5 Å². The van der Waals surface area contributed by atoms with Gasteiger partial charge in [0.2, 0.25) is 5.91 Å². The Hall–Kier alpha value is -2.35. The fourth-order valence-corrected chi connectivity index (χ4v) is 2.37. The van der Waals surface area contributed by atoms with Gasteiger partial charge in [-0.15, -0.1) is 5.10 Å². The average Bonchev–Trinajstić information content (AvgIpc) is 2.72. The van der Waals surface area contributed by atoms with Crippen LogP contribution in [0.4, 0.5) is 0 Å². The molecule has 1 aromatic carbocycles. The highest BCUT2D eigenvalue weighted by molar-refractivity contribution is 8.15. The molecule has 1 aromatic rings. The summed E-state index contributed by atoms with van der Waals surface area (Å²) in [5.74, 6) is -1.26. The molecule has 0 aromatic heterocycles. The first kappa shape index (κ1) is 14.1. The molecule has 0 bridgehead atoms. The number of nitrogens with zero attached hydrogens (tertiary/aromatic N) is 2. The molecule has 3 N–H and O–H groups in total. The largest absolute Gasteiger partial charge is 0.508 e. The van der Waals surface area contributed by atoms with Gasteiger partial charge in [-0.1, -0.05) is 11.8 Å². The van der Waals surface area contributed by atoms with E-state index in [0.29, 0.717) is 0 Å². The van der Waals surface area contributed by atoms with Crippen molar-refractivity contribution in [2.45, 2.75) is 11.7 Å². The first-order chi connectivity index (χ1) is 9.54. The molecule has 8 heteroatoms. The Labute approximate surface area is 118 Å². The summed E-state index contributed by atoms with van der Waals surface area (Å²) >= 11 is 1.04. The van der Waals surface area contributed by atoms with Crippen LogP contribution < -0.4 is 5.32 Å². The fraction of sp³-hybridized carbons (Fsp3) is 0.167. The normalized spacial score (nSPS) is 20.5. The molecule has 104 valence electrons. The number of hydrogen-bond acceptors (Lipinski definition) is 6. The topological polar surface area (TPSA) is 111 Å². The Morgan fingerprint density at radius 1 is 1.40 bits per heavy atom. The number of amidine groups is 1. The number of phenolic OH excluding ortho intramolecular Hbond substituents is 1. The lowest BCUT2D eigenvalue weighted by Crippen LogP contribution is -2.26. The molecule has 1 fully saturated rings. The molecule has 2 rings (SSSR count). The number of carbonyl (C=O) groups excluding carboxylic acids is 1. The van der Waals surface area contributed by atoms with Crippen LogP contribution in [0, 0.1) is 0 Å². The van der Waals surface area contributed by atoms with Gasteiger partial charge in [-0.2, -0.15) is 5.10 Å². The average molecular weight is 293 g/mol. The highest BCUT2D eigenvalue weighted by atomic mass is 32.2. The third-order valence-electron chi connectivity index (χ3n) is 2.38. The van der Waals surface area contributed by atoms with Crippen LogP contribution in [-0.4, -0.2) is 38.7 Å². The zero-order valence-electron chi connectivity index (χ0n) is 10.2. The van der Waals surface area contributed by atoms with Gasteiger partial charge in [-0.3, -0.25) is 9.59 Å². The lowest BCUT2D eigenvalue weighted by atomic mass is 10.2. The van der Waals surface area contributed by atoms with Crippen molar-refractivity contribution < 1.29 is 19.8 Å². The van der Waals surface area contributed by atoms with Crippen molar-refractivity contribution in [2.24, 2.45) is 10.2 Å². The smallest absolute Gasteiger partial charge is 0.305 e. The number of rotatable bonds is 4. The third-order valence-corrected chi connectivity index (χ3v) is 3.46. The maximum absolute atomic E-state index is 11.4. The monoisotopic (exact) mass is 293 g/mol. The van der Waals surface area contributed by atoms with E-state index in [4.69, 9.17) is 10.2 Å². The van der Waals surface area contributed by atoms with Crippen molar-refractivity contribution in [1.29, 1.82) is 0 Å². The lowest BCUT2D eigenvalue weighted by Gasteiger charge is -1.97. The Bertz CT molecular complexity index is 583. The minimum atomic E-state index is -1.04. The Kier molecular flexibility index (Phi) is 4.36. The zero-order valence-corrected chi connectivity index (χ0v) is 11.0. The summed E-state index contributed by atoms with van der Waals surface area (Å²) < 4.78 is 0. The third kappa shape index (κ3) is 3.82. The van der Waals surface area contributed by atoms with E-state index in [-0.39, 0.29) is 23.2 Å². The van der Waals surface area contributed by atoms with E-state index in [1.807, 2.05) is 0 Å². The van der Waals surface area contributed by atoms with Crippen molar-refractivity contribution in [3.63, 3.8) is 0 Å². The maximum Gasteiger partial charge on any atom is 0.305 e.